The minimum absolute atomic E-state index is 0.0174. The summed E-state index contributed by atoms with van der Waals surface area (Å²) in [6.45, 7) is 5.16. The molecule has 0 atom stereocenters. The summed E-state index contributed by atoms with van der Waals surface area (Å²) >= 11 is 0. The van der Waals surface area contributed by atoms with E-state index in [1.54, 1.807) is 12.1 Å². The van der Waals surface area contributed by atoms with Crippen molar-refractivity contribution in [3.05, 3.63) is 24.3 Å². The van der Waals surface area contributed by atoms with Crippen LogP contribution in [0.15, 0.2) is 29.2 Å². The first-order valence-corrected chi connectivity index (χ1v) is 10.5. The molecule has 1 saturated carbocycles. The second kappa shape index (κ2) is 9.20. The van der Waals surface area contributed by atoms with Crippen LogP contribution in [0.3, 0.4) is 0 Å². The normalized spacial score (nSPS) is 15.3. The predicted molar refractivity (Wildman–Crippen MR) is 97.1 cm³/mol. The van der Waals surface area contributed by atoms with Crippen LogP contribution in [0.25, 0.3) is 0 Å². The zero-order valence-corrected chi connectivity index (χ0v) is 15.8. The van der Waals surface area contributed by atoms with Gasteiger partial charge in [0.05, 0.1) is 11.5 Å². The van der Waals surface area contributed by atoms with Crippen molar-refractivity contribution < 1.29 is 17.9 Å². The molecule has 1 N–H and O–H groups in total. The summed E-state index contributed by atoms with van der Waals surface area (Å²) in [6.07, 6.45) is 4.62. The number of hydrogen-bond acceptors (Lipinski definition) is 4. The van der Waals surface area contributed by atoms with Gasteiger partial charge in [0.25, 0.3) is 0 Å². The van der Waals surface area contributed by atoms with Crippen molar-refractivity contribution in [3.63, 3.8) is 0 Å². The zero-order chi connectivity index (χ0) is 18.3. The summed E-state index contributed by atoms with van der Waals surface area (Å²) in [7, 11) is -3.62. The molecule has 0 heterocycles. The molecule has 140 valence electrons. The summed E-state index contributed by atoms with van der Waals surface area (Å²) in [5.74, 6) is 0.649. The second-order valence-electron chi connectivity index (χ2n) is 6.17. The number of benzene rings is 1. The molecule has 1 aromatic carbocycles. The molecular weight excluding hydrogens is 340 g/mol. The summed E-state index contributed by atoms with van der Waals surface area (Å²) in [5.41, 5.74) is 0. The molecule has 1 aliphatic carbocycles. The lowest BCUT2D eigenvalue weighted by molar-refractivity contribution is -0.133. The topological polar surface area (TPSA) is 75.7 Å². The van der Waals surface area contributed by atoms with Gasteiger partial charge in [-0.15, -0.1) is 0 Å². The molecular formula is C18H28N2O4S. The Kier molecular flexibility index (Phi) is 7.25. The summed E-state index contributed by atoms with van der Waals surface area (Å²) in [5, 5.41) is 0. The Labute approximate surface area is 150 Å². The van der Waals surface area contributed by atoms with Crippen molar-refractivity contribution in [1.82, 2.24) is 9.62 Å². The van der Waals surface area contributed by atoms with Crippen LogP contribution < -0.4 is 9.46 Å². The van der Waals surface area contributed by atoms with Crippen molar-refractivity contribution in [2.75, 3.05) is 19.7 Å². The first-order chi connectivity index (χ1) is 12.0. The van der Waals surface area contributed by atoms with Crippen LogP contribution in [0.5, 0.6) is 5.75 Å². The van der Waals surface area contributed by atoms with Gasteiger partial charge in [0.1, 0.15) is 5.75 Å². The van der Waals surface area contributed by atoms with Gasteiger partial charge in [-0.25, -0.2) is 13.1 Å². The molecule has 1 fully saturated rings. The molecule has 25 heavy (non-hydrogen) atoms. The van der Waals surface area contributed by atoms with Crippen LogP contribution >= 0.6 is 0 Å². The van der Waals surface area contributed by atoms with Gasteiger partial charge in [-0.3, -0.25) is 4.79 Å². The van der Waals surface area contributed by atoms with Crippen LogP contribution in [0.1, 0.15) is 46.0 Å². The fourth-order valence-corrected chi connectivity index (χ4v) is 4.29. The molecule has 0 radical (unpaired) electrons. The Morgan fingerprint density at radius 2 is 1.84 bits per heavy atom. The van der Waals surface area contributed by atoms with Crippen molar-refractivity contribution in [3.8, 4) is 5.75 Å². The number of sulfonamides is 1. The van der Waals surface area contributed by atoms with E-state index in [1.807, 2.05) is 18.7 Å². The number of hydrogen-bond donors (Lipinski definition) is 1. The summed E-state index contributed by atoms with van der Waals surface area (Å²) in [4.78, 5) is 14.4. The molecule has 2 rings (SSSR count). The summed E-state index contributed by atoms with van der Waals surface area (Å²) in [6, 6.07) is 6.59. The predicted octanol–water partition coefficient (Wildman–Crippen LogP) is 2.54. The highest BCUT2D eigenvalue weighted by Crippen LogP contribution is 2.23. The van der Waals surface area contributed by atoms with Crippen molar-refractivity contribution in [2.24, 2.45) is 0 Å². The zero-order valence-electron chi connectivity index (χ0n) is 15.0. The highest BCUT2D eigenvalue weighted by molar-refractivity contribution is 7.89. The number of ether oxygens (including phenoxy) is 1. The molecule has 0 aromatic heterocycles. The maximum absolute atomic E-state index is 12.4. The molecule has 6 nitrogen and oxygen atoms in total. The maximum atomic E-state index is 12.4. The molecule has 0 aliphatic heterocycles. The molecule has 1 aliphatic rings. The summed E-state index contributed by atoms with van der Waals surface area (Å²) < 4.78 is 32.4. The SMILES string of the molecule is CCOc1ccc(S(=O)(=O)NCCC(=O)N(CC)C2CCCC2)cc1. The van der Waals surface area contributed by atoms with Gasteiger partial charge in [-0.2, -0.15) is 0 Å². The average Bonchev–Trinajstić information content (AvgIpc) is 3.10. The van der Waals surface area contributed by atoms with E-state index in [0.717, 1.165) is 12.8 Å². The van der Waals surface area contributed by atoms with E-state index in [4.69, 9.17) is 4.74 Å². The van der Waals surface area contributed by atoms with Gasteiger partial charge in [-0.05, 0) is 51.0 Å². The van der Waals surface area contributed by atoms with Gasteiger partial charge >= 0.3 is 0 Å². The van der Waals surface area contributed by atoms with E-state index in [0.29, 0.717) is 24.9 Å². The maximum Gasteiger partial charge on any atom is 0.240 e. The number of carbonyl (C=O) groups is 1. The van der Waals surface area contributed by atoms with Crippen LogP contribution in [-0.2, 0) is 14.8 Å². The standard InChI is InChI=1S/C18H28N2O4S/c1-3-20(15-7-5-6-8-15)18(21)13-14-19-25(22,23)17-11-9-16(10-12-17)24-4-2/h9-12,15,19H,3-8,13-14H2,1-2H3. The van der Waals surface area contributed by atoms with E-state index >= 15 is 0 Å². The van der Waals surface area contributed by atoms with Crippen molar-refractivity contribution in [2.45, 2.75) is 56.9 Å². The molecule has 0 unspecified atom stereocenters. The number of nitrogens with one attached hydrogen (secondary N) is 1. The van der Waals surface area contributed by atoms with Crippen LogP contribution in [0, 0.1) is 0 Å². The highest BCUT2D eigenvalue weighted by Gasteiger charge is 2.25. The largest absolute Gasteiger partial charge is 0.494 e. The Balaban J connectivity index is 1.87. The molecule has 0 spiro atoms. The third-order valence-electron chi connectivity index (χ3n) is 4.50. The van der Waals surface area contributed by atoms with E-state index in [-0.39, 0.29) is 23.8 Å². The Bertz CT molecular complexity index is 652. The van der Waals surface area contributed by atoms with Crippen LogP contribution in [-0.4, -0.2) is 45.0 Å². The number of rotatable bonds is 9. The van der Waals surface area contributed by atoms with Gasteiger partial charge in [0.2, 0.25) is 15.9 Å². The van der Waals surface area contributed by atoms with Gasteiger partial charge in [-0.1, -0.05) is 12.8 Å². The van der Waals surface area contributed by atoms with Crippen LogP contribution in [0.4, 0.5) is 0 Å². The first kappa shape index (κ1) is 19.7. The number of nitrogens with zero attached hydrogens (tertiary/aromatic N) is 1. The quantitative estimate of drug-likeness (QED) is 0.727. The second-order valence-corrected chi connectivity index (χ2v) is 7.94. The lowest BCUT2D eigenvalue weighted by atomic mass is 10.2. The number of carbonyl (C=O) groups excluding carboxylic acids is 1. The first-order valence-electron chi connectivity index (χ1n) is 9.00. The lowest BCUT2D eigenvalue weighted by Gasteiger charge is -2.27. The Hall–Kier alpha value is -1.60. The fourth-order valence-electron chi connectivity index (χ4n) is 3.26. The molecule has 0 saturated heterocycles. The minimum atomic E-state index is -3.62. The number of amides is 1. The third kappa shape index (κ3) is 5.44. The van der Waals surface area contributed by atoms with E-state index in [1.165, 1.54) is 25.0 Å². The highest BCUT2D eigenvalue weighted by atomic mass is 32.2. The molecule has 1 aromatic rings. The van der Waals surface area contributed by atoms with E-state index < -0.39 is 10.0 Å². The van der Waals surface area contributed by atoms with Crippen LogP contribution in [0.2, 0.25) is 0 Å². The molecule has 7 heteroatoms. The van der Waals surface area contributed by atoms with Crippen molar-refractivity contribution >= 4 is 15.9 Å². The van der Waals surface area contributed by atoms with Crippen molar-refractivity contribution in [1.29, 1.82) is 0 Å². The third-order valence-corrected chi connectivity index (χ3v) is 5.98. The van der Waals surface area contributed by atoms with E-state index in [9.17, 15) is 13.2 Å². The van der Waals surface area contributed by atoms with Gasteiger partial charge in [0, 0.05) is 25.6 Å². The van der Waals surface area contributed by atoms with E-state index in [2.05, 4.69) is 4.72 Å². The monoisotopic (exact) mass is 368 g/mol. The average molecular weight is 368 g/mol. The van der Waals surface area contributed by atoms with Gasteiger partial charge < -0.3 is 9.64 Å². The molecule has 1 amide bonds. The van der Waals surface area contributed by atoms with Gasteiger partial charge in [0.15, 0.2) is 0 Å². The lowest BCUT2D eigenvalue weighted by Crippen LogP contribution is -2.40. The Morgan fingerprint density at radius 3 is 2.40 bits per heavy atom. The fraction of sp³-hybridized carbons (Fsp3) is 0.611. The smallest absolute Gasteiger partial charge is 0.240 e. The Morgan fingerprint density at radius 1 is 1.20 bits per heavy atom. The minimum Gasteiger partial charge on any atom is -0.494 e. The molecule has 0 bridgehead atoms.